The minimum Gasteiger partial charge on any atom is -0.480 e. The predicted molar refractivity (Wildman–Crippen MR) is 46.6 cm³/mol. The number of aliphatic carboxylic acids is 2. The minimum atomic E-state index is -1.29. The number of carbonyl (C=O) groups is 3. The van der Waals surface area contributed by atoms with Crippen LogP contribution in [0.2, 0.25) is 0 Å². The summed E-state index contributed by atoms with van der Waals surface area (Å²) in [4.78, 5) is 31.5. The van der Waals surface area contributed by atoms with Gasteiger partial charge in [-0.15, -0.1) is 0 Å². The van der Waals surface area contributed by atoms with Gasteiger partial charge in [0.1, 0.15) is 6.04 Å². The van der Waals surface area contributed by atoms with Crippen molar-refractivity contribution in [2.75, 3.05) is 0 Å². The lowest BCUT2D eigenvalue weighted by atomic mass is 10.1. The maximum absolute atomic E-state index is 11.1. The molecule has 0 saturated carbocycles. The monoisotopic (exact) mass is 201 g/mol. The highest BCUT2D eigenvalue weighted by molar-refractivity contribution is 6.01. The third kappa shape index (κ3) is 4.36. The van der Waals surface area contributed by atoms with Gasteiger partial charge in [-0.1, -0.05) is 0 Å². The average molecular weight is 201 g/mol. The molecule has 0 aliphatic rings. The second-order valence-corrected chi connectivity index (χ2v) is 2.74. The van der Waals surface area contributed by atoms with E-state index in [2.05, 4.69) is 0 Å². The summed E-state index contributed by atoms with van der Waals surface area (Å²) < 4.78 is 0. The van der Waals surface area contributed by atoms with Crippen molar-refractivity contribution in [3.05, 3.63) is 11.6 Å². The van der Waals surface area contributed by atoms with Gasteiger partial charge in [0.25, 0.3) is 0 Å². The molecule has 0 aliphatic heterocycles. The molecule has 0 fully saturated rings. The first-order valence-corrected chi connectivity index (χ1v) is 3.77. The molecular weight excluding hydrogens is 190 g/mol. The Balaban J connectivity index is 4.36. The largest absolute Gasteiger partial charge is 0.480 e. The zero-order chi connectivity index (χ0) is 11.3. The zero-order valence-corrected chi connectivity index (χ0v) is 7.56. The molecule has 0 radical (unpaired) electrons. The summed E-state index contributed by atoms with van der Waals surface area (Å²) in [6.07, 6.45) is 0.321. The molecule has 78 valence electrons. The van der Waals surface area contributed by atoms with Crippen LogP contribution in [-0.4, -0.2) is 34.0 Å². The minimum absolute atomic E-state index is 0.0193. The van der Waals surface area contributed by atoms with Crippen molar-refractivity contribution in [1.29, 1.82) is 0 Å². The van der Waals surface area contributed by atoms with Crippen LogP contribution < -0.4 is 5.73 Å². The average Bonchev–Trinajstić information content (AvgIpc) is 2.02. The summed E-state index contributed by atoms with van der Waals surface area (Å²) >= 11 is 0. The summed E-state index contributed by atoms with van der Waals surface area (Å²) in [5.41, 5.74) is 5.07. The lowest BCUT2D eigenvalue weighted by Gasteiger charge is -2.04. The highest BCUT2D eigenvalue weighted by atomic mass is 16.4. The smallest absolute Gasteiger partial charge is 0.328 e. The summed E-state index contributed by atoms with van der Waals surface area (Å²) in [6.45, 7) is 1.30. The van der Waals surface area contributed by atoms with Gasteiger partial charge in [-0.05, 0) is 12.5 Å². The molecule has 0 spiro atoms. The molecule has 6 nitrogen and oxygen atoms in total. The van der Waals surface area contributed by atoms with Crippen LogP contribution in [0.15, 0.2) is 11.6 Å². The van der Waals surface area contributed by atoms with E-state index in [-0.39, 0.29) is 5.57 Å². The van der Waals surface area contributed by atoms with Crippen LogP contribution in [0.5, 0.6) is 0 Å². The van der Waals surface area contributed by atoms with Gasteiger partial charge in [0.15, 0.2) is 5.78 Å². The van der Waals surface area contributed by atoms with Crippen LogP contribution in [0.25, 0.3) is 0 Å². The van der Waals surface area contributed by atoms with Crippen LogP contribution >= 0.6 is 0 Å². The summed E-state index contributed by atoms with van der Waals surface area (Å²) in [5, 5.41) is 16.7. The van der Waals surface area contributed by atoms with Crippen molar-refractivity contribution in [3.8, 4) is 0 Å². The number of carbonyl (C=O) groups excluding carboxylic acids is 1. The topological polar surface area (TPSA) is 118 Å². The number of Topliss-reactive ketones (excluding diaryl/α,β-unsaturated/α-hetero) is 1. The lowest BCUT2D eigenvalue weighted by Crippen LogP contribution is -2.32. The van der Waals surface area contributed by atoms with Crippen LogP contribution in [0, 0.1) is 0 Å². The second-order valence-electron chi connectivity index (χ2n) is 2.74. The molecule has 6 heteroatoms. The number of ketones is 1. The molecule has 0 rings (SSSR count). The molecule has 0 aromatic heterocycles. The molecule has 14 heavy (non-hydrogen) atoms. The van der Waals surface area contributed by atoms with Crippen molar-refractivity contribution >= 4 is 17.7 Å². The fourth-order valence-electron chi connectivity index (χ4n) is 0.714. The summed E-state index contributed by atoms with van der Waals surface area (Å²) in [6, 6.07) is -1.29. The van der Waals surface area contributed by atoms with Gasteiger partial charge in [0.2, 0.25) is 0 Å². The SMILES string of the molecule is CC(=CC(=O)O)C(=O)CC(N)C(=O)O. The Morgan fingerprint density at radius 2 is 1.86 bits per heavy atom. The van der Waals surface area contributed by atoms with Crippen LogP contribution in [-0.2, 0) is 14.4 Å². The van der Waals surface area contributed by atoms with Gasteiger partial charge in [-0.25, -0.2) is 4.79 Å². The highest BCUT2D eigenvalue weighted by Gasteiger charge is 2.17. The molecule has 0 aromatic carbocycles. The Labute approximate surface area is 80.0 Å². The van der Waals surface area contributed by atoms with E-state index >= 15 is 0 Å². The first-order valence-electron chi connectivity index (χ1n) is 3.77. The Kier molecular flexibility index (Phi) is 4.51. The normalized spacial score (nSPS) is 13.4. The van der Waals surface area contributed by atoms with Gasteiger partial charge in [0, 0.05) is 12.5 Å². The first kappa shape index (κ1) is 12.3. The first-order chi connectivity index (χ1) is 6.34. The van der Waals surface area contributed by atoms with E-state index in [0.717, 1.165) is 6.08 Å². The van der Waals surface area contributed by atoms with E-state index in [4.69, 9.17) is 15.9 Å². The van der Waals surface area contributed by atoms with Crippen molar-refractivity contribution in [2.24, 2.45) is 5.73 Å². The Morgan fingerprint density at radius 1 is 1.36 bits per heavy atom. The fraction of sp³-hybridized carbons (Fsp3) is 0.375. The third-order valence-electron chi connectivity index (χ3n) is 1.50. The van der Waals surface area contributed by atoms with Crippen LogP contribution in [0.3, 0.4) is 0 Å². The van der Waals surface area contributed by atoms with E-state index < -0.39 is 30.2 Å². The van der Waals surface area contributed by atoms with Crippen LogP contribution in [0.1, 0.15) is 13.3 Å². The fourth-order valence-corrected chi connectivity index (χ4v) is 0.714. The maximum atomic E-state index is 11.1. The molecule has 4 N–H and O–H groups in total. The molecule has 0 amide bonds. The van der Waals surface area contributed by atoms with Gasteiger partial charge in [-0.2, -0.15) is 0 Å². The number of hydrogen-bond donors (Lipinski definition) is 3. The number of rotatable bonds is 5. The van der Waals surface area contributed by atoms with Crippen LogP contribution in [0.4, 0.5) is 0 Å². The van der Waals surface area contributed by atoms with Crippen molar-refractivity contribution < 1.29 is 24.6 Å². The second kappa shape index (κ2) is 5.13. The molecule has 0 aliphatic carbocycles. The Morgan fingerprint density at radius 3 is 2.21 bits per heavy atom. The number of hydrogen-bond acceptors (Lipinski definition) is 4. The number of carboxylic acids is 2. The van der Waals surface area contributed by atoms with E-state index in [0.29, 0.717) is 0 Å². The van der Waals surface area contributed by atoms with Crippen molar-refractivity contribution in [2.45, 2.75) is 19.4 Å². The zero-order valence-electron chi connectivity index (χ0n) is 7.56. The van der Waals surface area contributed by atoms with E-state index in [1.165, 1.54) is 6.92 Å². The van der Waals surface area contributed by atoms with E-state index in [1.54, 1.807) is 0 Å². The molecule has 0 heterocycles. The Hall–Kier alpha value is -1.69. The van der Waals surface area contributed by atoms with Gasteiger partial charge >= 0.3 is 11.9 Å². The molecule has 1 unspecified atom stereocenters. The highest BCUT2D eigenvalue weighted by Crippen LogP contribution is 2.01. The van der Waals surface area contributed by atoms with Gasteiger partial charge < -0.3 is 15.9 Å². The van der Waals surface area contributed by atoms with E-state index in [9.17, 15) is 14.4 Å². The standard InChI is InChI=1S/C8H11NO5/c1-4(2-7(11)12)6(10)3-5(9)8(13)14/h2,5H,3,9H2,1H3,(H,11,12)(H,13,14). The number of carboxylic acid groups (broad SMARTS) is 2. The molecule has 0 aromatic rings. The maximum Gasteiger partial charge on any atom is 0.328 e. The quantitative estimate of drug-likeness (QED) is 0.510. The van der Waals surface area contributed by atoms with Crippen molar-refractivity contribution in [3.63, 3.8) is 0 Å². The predicted octanol–water partition coefficient (Wildman–Crippen LogP) is -0.612. The van der Waals surface area contributed by atoms with Crippen molar-refractivity contribution in [1.82, 2.24) is 0 Å². The molecule has 1 atom stereocenters. The summed E-state index contributed by atoms with van der Waals surface area (Å²) in [5.74, 6) is -3.12. The molecule has 0 bridgehead atoms. The molecule has 0 saturated heterocycles. The summed E-state index contributed by atoms with van der Waals surface area (Å²) in [7, 11) is 0. The Bertz CT molecular complexity index is 294. The van der Waals surface area contributed by atoms with Gasteiger partial charge in [-0.3, -0.25) is 9.59 Å². The number of nitrogens with two attached hydrogens (primary N) is 1. The van der Waals surface area contributed by atoms with Gasteiger partial charge in [0.05, 0.1) is 0 Å². The van der Waals surface area contributed by atoms with E-state index in [1.807, 2.05) is 0 Å². The number of allylic oxidation sites excluding steroid dienone is 1. The third-order valence-corrected chi connectivity index (χ3v) is 1.50. The lowest BCUT2D eigenvalue weighted by molar-refractivity contribution is -0.139. The molecular formula is C8H11NO5.